The molecule has 0 saturated carbocycles. The first-order chi connectivity index (χ1) is 10.2. The van der Waals surface area contributed by atoms with Crippen LogP contribution in [0.4, 0.5) is 4.79 Å². The van der Waals surface area contributed by atoms with Crippen molar-refractivity contribution in [3.8, 4) is 5.75 Å². The molecule has 6 nitrogen and oxygen atoms in total. The molecule has 0 unspecified atom stereocenters. The number of benzene rings is 1. The molecule has 1 rings (SSSR count). The Morgan fingerprint density at radius 3 is 2.23 bits per heavy atom. The molecule has 0 aliphatic heterocycles. The Balaban J connectivity index is 2.79. The second kappa shape index (κ2) is 7.68. The molecule has 0 fully saturated rings. The van der Waals surface area contributed by atoms with Gasteiger partial charge in [0.2, 0.25) is 0 Å². The van der Waals surface area contributed by atoms with Crippen molar-refractivity contribution in [1.29, 1.82) is 0 Å². The van der Waals surface area contributed by atoms with Gasteiger partial charge < -0.3 is 19.5 Å². The Labute approximate surface area is 130 Å². The summed E-state index contributed by atoms with van der Waals surface area (Å²) in [7, 11) is 1.58. The molecular formula is C16H23NO5. The number of aliphatic carboxylic acids is 1. The average Bonchev–Trinajstić information content (AvgIpc) is 2.42. The van der Waals surface area contributed by atoms with Crippen molar-refractivity contribution in [2.45, 2.75) is 39.3 Å². The fourth-order valence-corrected chi connectivity index (χ4v) is 1.74. The molecule has 0 atom stereocenters. The smallest absolute Gasteiger partial charge is 0.410 e. The Morgan fingerprint density at radius 1 is 1.18 bits per heavy atom. The number of rotatable bonds is 6. The van der Waals surface area contributed by atoms with E-state index in [1.54, 1.807) is 40.0 Å². The predicted molar refractivity (Wildman–Crippen MR) is 81.9 cm³/mol. The second-order valence-corrected chi connectivity index (χ2v) is 5.89. The number of ether oxygens (including phenoxy) is 2. The monoisotopic (exact) mass is 309 g/mol. The summed E-state index contributed by atoms with van der Waals surface area (Å²) in [5.41, 5.74) is 0.246. The van der Waals surface area contributed by atoms with Crippen LogP contribution in [0.25, 0.3) is 0 Å². The number of methoxy groups -OCH3 is 1. The zero-order valence-corrected chi connectivity index (χ0v) is 13.5. The summed E-state index contributed by atoms with van der Waals surface area (Å²) in [4.78, 5) is 24.3. The first kappa shape index (κ1) is 17.8. The van der Waals surface area contributed by atoms with E-state index in [2.05, 4.69) is 0 Å². The SMILES string of the molecule is COc1ccc(CN(CCC(=O)O)C(=O)OC(C)(C)C)cc1. The van der Waals surface area contributed by atoms with Crippen LogP contribution in [0, 0.1) is 0 Å². The van der Waals surface area contributed by atoms with Crippen molar-refractivity contribution < 1.29 is 24.2 Å². The largest absolute Gasteiger partial charge is 0.497 e. The zero-order valence-electron chi connectivity index (χ0n) is 13.5. The molecule has 1 amide bonds. The van der Waals surface area contributed by atoms with E-state index in [-0.39, 0.29) is 19.5 Å². The highest BCUT2D eigenvalue weighted by Gasteiger charge is 2.22. The van der Waals surface area contributed by atoms with E-state index in [1.807, 2.05) is 12.1 Å². The van der Waals surface area contributed by atoms with Gasteiger partial charge in [-0.05, 0) is 38.5 Å². The van der Waals surface area contributed by atoms with Gasteiger partial charge in [0.15, 0.2) is 0 Å². The molecule has 0 spiro atoms. The van der Waals surface area contributed by atoms with Crippen molar-refractivity contribution in [1.82, 2.24) is 4.90 Å². The number of hydrogen-bond acceptors (Lipinski definition) is 4. The van der Waals surface area contributed by atoms with Gasteiger partial charge in [-0.25, -0.2) is 4.79 Å². The summed E-state index contributed by atoms with van der Waals surface area (Å²) in [6.45, 7) is 5.69. The summed E-state index contributed by atoms with van der Waals surface area (Å²) in [6.07, 6.45) is -0.653. The number of hydrogen-bond donors (Lipinski definition) is 1. The Hall–Kier alpha value is -2.24. The van der Waals surface area contributed by atoms with Crippen molar-refractivity contribution in [3.05, 3.63) is 29.8 Å². The summed E-state index contributed by atoms with van der Waals surface area (Å²) in [5, 5.41) is 8.82. The third-order valence-electron chi connectivity index (χ3n) is 2.78. The number of amides is 1. The fourth-order valence-electron chi connectivity index (χ4n) is 1.74. The molecule has 0 aromatic heterocycles. The summed E-state index contributed by atoms with van der Waals surface area (Å²) in [5.74, 6) is -0.235. The van der Waals surface area contributed by atoms with Crippen molar-refractivity contribution in [2.24, 2.45) is 0 Å². The highest BCUT2D eigenvalue weighted by Crippen LogP contribution is 2.16. The van der Waals surface area contributed by atoms with Gasteiger partial charge in [0.1, 0.15) is 11.4 Å². The topological polar surface area (TPSA) is 76.1 Å². The summed E-state index contributed by atoms with van der Waals surface area (Å²) < 4.78 is 10.4. The van der Waals surface area contributed by atoms with Crippen LogP contribution < -0.4 is 4.74 Å². The van der Waals surface area contributed by atoms with Crippen molar-refractivity contribution in [2.75, 3.05) is 13.7 Å². The third kappa shape index (κ3) is 6.47. The molecule has 122 valence electrons. The van der Waals surface area contributed by atoms with E-state index >= 15 is 0 Å². The van der Waals surface area contributed by atoms with E-state index in [0.29, 0.717) is 0 Å². The van der Waals surface area contributed by atoms with Crippen LogP contribution in [0.3, 0.4) is 0 Å². The summed E-state index contributed by atoms with van der Waals surface area (Å²) in [6, 6.07) is 7.24. The molecule has 0 aliphatic carbocycles. The molecule has 0 bridgehead atoms. The number of nitrogens with zero attached hydrogens (tertiary/aromatic N) is 1. The molecular weight excluding hydrogens is 286 g/mol. The number of carbonyl (C=O) groups excluding carboxylic acids is 1. The van der Waals surface area contributed by atoms with E-state index in [9.17, 15) is 9.59 Å². The van der Waals surface area contributed by atoms with Crippen molar-refractivity contribution >= 4 is 12.1 Å². The Morgan fingerprint density at radius 2 is 1.77 bits per heavy atom. The van der Waals surface area contributed by atoms with Gasteiger partial charge in [-0.2, -0.15) is 0 Å². The molecule has 0 radical (unpaired) electrons. The van der Waals surface area contributed by atoms with Crippen LogP contribution in [0.2, 0.25) is 0 Å². The number of carbonyl (C=O) groups is 2. The quantitative estimate of drug-likeness (QED) is 0.874. The molecule has 1 aromatic carbocycles. The first-order valence-corrected chi connectivity index (χ1v) is 7.04. The van der Waals surface area contributed by atoms with E-state index in [4.69, 9.17) is 14.6 Å². The van der Waals surface area contributed by atoms with Crippen LogP contribution >= 0.6 is 0 Å². The van der Waals surface area contributed by atoms with E-state index in [1.165, 1.54) is 4.90 Å². The van der Waals surface area contributed by atoms with Gasteiger partial charge >= 0.3 is 12.1 Å². The molecule has 1 aromatic rings. The standard InChI is InChI=1S/C16H23NO5/c1-16(2,3)22-15(20)17(10-9-14(18)19)11-12-5-7-13(21-4)8-6-12/h5-8H,9-11H2,1-4H3,(H,18,19). The van der Waals surface area contributed by atoms with Crippen LogP contribution in [-0.2, 0) is 16.1 Å². The average molecular weight is 309 g/mol. The van der Waals surface area contributed by atoms with Gasteiger partial charge in [0, 0.05) is 13.1 Å². The minimum Gasteiger partial charge on any atom is -0.497 e. The second-order valence-electron chi connectivity index (χ2n) is 5.89. The van der Waals surface area contributed by atoms with Gasteiger partial charge in [-0.1, -0.05) is 12.1 Å². The lowest BCUT2D eigenvalue weighted by Crippen LogP contribution is -2.37. The lowest BCUT2D eigenvalue weighted by atomic mass is 10.2. The highest BCUT2D eigenvalue weighted by atomic mass is 16.6. The maximum atomic E-state index is 12.2. The van der Waals surface area contributed by atoms with Crippen LogP contribution in [0.1, 0.15) is 32.8 Å². The molecule has 1 N–H and O–H groups in total. The minimum absolute atomic E-state index is 0.0935. The predicted octanol–water partition coefficient (Wildman–Crippen LogP) is 2.91. The minimum atomic E-state index is -0.955. The Bertz CT molecular complexity index is 504. The van der Waals surface area contributed by atoms with Crippen molar-refractivity contribution in [3.63, 3.8) is 0 Å². The molecule has 22 heavy (non-hydrogen) atoms. The van der Waals surface area contributed by atoms with Crippen LogP contribution in [0.5, 0.6) is 5.75 Å². The maximum Gasteiger partial charge on any atom is 0.410 e. The zero-order chi connectivity index (χ0) is 16.8. The lowest BCUT2D eigenvalue weighted by Gasteiger charge is -2.27. The molecule has 0 saturated heterocycles. The van der Waals surface area contributed by atoms with Gasteiger partial charge in [-0.3, -0.25) is 4.79 Å². The van der Waals surface area contributed by atoms with Gasteiger partial charge in [0.25, 0.3) is 0 Å². The number of carboxylic acids is 1. The molecule has 6 heteroatoms. The van der Waals surface area contributed by atoms with Crippen LogP contribution in [-0.4, -0.2) is 41.3 Å². The summed E-state index contributed by atoms with van der Waals surface area (Å²) >= 11 is 0. The van der Waals surface area contributed by atoms with Gasteiger partial charge in [-0.15, -0.1) is 0 Å². The van der Waals surface area contributed by atoms with E-state index in [0.717, 1.165) is 11.3 Å². The highest BCUT2D eigenvalue weighted by molar-refractivity contribution is 5.71. The number of carboxylic acid groups (broad SMARTS) is 1. The fraction of sp³-hybridized carbons (Fsp3) is 0.500. The Kier molecular flexibility index (Phi) is 6.22. The normalized spacial score (nSPS) is 10.9. The lowest BCUT2D eigenvalue weighted by molar-refractivity contribution is -0.137. The molecule has 0 heterocycles. The van der Waals surface area contributed by atoms with Gasteiger partial charge in [0.05, 0.1) is 13.5 Å². The third-order valence-corrected chi connectivity index (χ3v) is 2.78. The molecule has 0 aliphatic rings. The first-order valence-electron chi connectivity index (χ1n) is 7.04. The van der Waals surface area contributed by atoms with Crippen LogP contribution in [0.15, 0.2) is 24.3 Å². The maximum absolute atomic E-state index is 12.2. The van der Waals surface area contributed by atoms with E-state index < -0.39 is 17.7 Å².